The molecule has 0 bridgehead atoms. The van der Waals surface area contributed by atoms with E-state index in [2.05, 4.69) is 26.2 Å². The van der Waals surface area contributed by atoms with Gasteiger partial charge in [-0.2, -0.15) is 0 Å². The van der Waals surface area contributed by atoms with Crippen molar-refractivity contribution in [2.24, 2.45) is 0 Å². The molecule has 0 N–H and O–H groups in total. The summed E-state index contributed by atoms with van der Waals surface area (Å²) in [7, 11) is 0. The molecule has 1 aliphatic rings. The minimum Gasteiger partial charge on any atom is -0.103 e. The highest BCUT2D eigenvalue weighted by atomic mass is 14.0. The van der Waals surface area contributed by atoms with E-state index in [0.29, 0.717) is 0 Å². The monoisotopic (exact) mass is 192 g/mol. The van der Waals surface area contributed by atoms with E-state index in [9.17, 15) is 0 Å². The zero-order valence-electron chi connectivity index (χ0n) is 9.60. The Morgan fingerprint density at radius 2 is 2.14 bits per heavy atom. The normalized spacial score (nSPS) is 14.8. The van der Waals surface area contributed by atoms with Crippen LogP contribution in [0.25, 0.3) is 0 Å². The molecule has 0 aromatic rings. The summed E-state index contributed by atoms with van der Waals surface area (Å²) in [6, 6.07) is 0. The molecule has 0 aromatic carbocycles. The minimum absolute atomic E-state index is 1.18. The molecule has 0 heterocycles. The van der Waals surface area contributed by atoms with Crippen LogP contribution >= 0.6 is 0 Å². The van der Waals surface area contributed by atoms with Gasteiger partial charge in [-0.05, 0) is 32.1 Å². The van der Waals surface area contributed by atoms with Gasteiger partial charge in [-0.3, -0.25) is 0 Å². The zero-order chi connectivity index (χ0) is 10.6. The van der Waals surface area contributed by atoms with Gasteiger partial charge in [0.25, 0.3) is 0 Å². The van der Waals surface area contributed by atoms with Crippen LogP contribution in [0.15, 0.2) is 37.0 Å². The maximum atomic E-state index is 3.72. The Balaban J connectivity index is 0.000000255. The fourth-order valence-corrected chi connectivity index (χ4v) is 1.40. The highest BCUT2D eigenvalue weighted by Crippen LogP contribution is 2.16. The van der Waals surface area contributed by atoms with Crippen LogP contribution in [-0.4, -0.2) is 0 Å². The number of rotatable bonds is 4. The maximum absolute atomic E-state index is 3.72. The van der Waals surface area contributed by atoms with Crippen molar-refractivity contribution < 1.29 is 0 Å². The first-order valence-corrected chi connectivity index (χ1v) is 5.77. The molecule has 0 radical (unpaired) electrons. The van der Waals surface area contributed by atoms with Gasteiger partial charge in [0.1, 0.15) is 0 Å². The van der Waals surface area contributed by atoms with Crippen LogP contribution in [0, 0.1) is 0 Å². The third-order valence-electron chi connectivity index (χ3n) is 2.35. The van der Waals surface area contributed by atoms with Crippen molar-refractivity contribution in [2.75, 3.05) is 0 Å². The highest BCUT2D eigenvalue weighted by molar-refractivity contribution is 5.17. The molecule has 0 fully saturated rings. The van der Waals surface area contributed by atoms with E-state index >= 15 is 0 Å². The van der Waals surface area contributed by atoms with Crippen LogP contribution < -0.4 is 0 Å². The Kier molecular flexibility index (Phi) is 9.73. The molecule has 1 aliphatic carbocycles. The quantitative estimate of drug-likeness (QED) is 0.432. The van der Waals surface area contributed by atoms with Gasteiger partial charge in [0.2, 0.25) is 0 Å². The van der Waals surface area contributed by atoms with E-state index in [1.54, 1.807) is 0 Å². The Morgan fingerprint density at radius 1 is 1.36 bits per heavy atom. The molecule has 0 aliphatic heterocycles. The Labute approximate surface area is 89.4 Å². The van der Waals surface area contributed by atoms with E-state index in [-0.39, 0.29) is 0 Å². The Morgan fingerprint density at radius 3 is 2.43 bits per heavy atom. The third-order valence-corrected chi connectivity index (χ3v) is 2.35. The van der Waals surface area contributed by atoms with Crippen molar-refractivity contribution in [3.63, 3.8) is 0 Å². The average Bonchev–Trinajstić information content (AvgIpc) is 2.28. The molecule has 0 saturated carbocycles. The van der Waals surface area contributed by atoms with Crippen LogP contribution in [0.3, 0.4) is 0 Å². The molecule has 0 heteroatoms. The van der Waals surface area contributed by atoms with Crippen LogP contribution in [-0.2, 0) is 0 Å². The SMILES string of the molecule is C=CC1=CCCCC1.C=CCCCC. The largest absolute Gasteiger partial charge is 0.103 e. The lowest BCUT2D eigenvalue weighted by molar-refractivity contribution is 0.712. The molecular formula is C14H24. The second-order valence-electron chi connectivity index (χ2n) is 3.66. The number of hydrogen-bond donors (Lipinski definition) is 0. The minimum atomic E-state index is 1.18. The van der Waals surface area contributed by atoms with Gasteiger partial charge in [-0.15, -0.1) is 6.58 Å². The van der Waals surface area contributed by atoms with Gasteiger partial charge >= 0.3 is 0 Å². The van der Waals surface area contributed by atoms with Crippen molar-refractivity contribution >= 4 is 0 Å². The molecule has 0 spiro atoms. The molecular weight excluding hydrogens is 168 g/mol. The van der Waals surface area contributed by atoms with Gasteiger partial charge in [-0.1, -0.05) is 50.1 Å². The van der Waals surface area contributed by atoms with E-state index < -0.39 is 0 Å². The van der Waals surface area contributed by atoms with Crippen molar-refractivity contribution in [3.05, 3.63) is 37.0 Å². The summed E-state index contributed by atoms with van der Waals surface area (Å²) in [5, 5.41) is 0. The van der Waals surface area contributed by atoms with Gasteiger partial charge in [0.05, 0.1) is 0 Å². The highest BCUT2D eigenvalue weighted by Gasteiger charge is 1.97. The molecule has 0 amide bonds. The molecule has 0 unspecified atom stereocenters. The summed E-state index contributed by atoms with van der Waals surface area (Å²) in [5.74, 6) is 0. The van der Waals surface area contributed by atoms with Crippen LogP contribution in [0.5, 0.6) is 0 Å². The van der Waals surface area contributed by atoms with Gasteiger partial charge < -0.3 is 0 Å². The predicted molar refractivity (Wildman–Crippen MR) is 66.5 cm³/mol. The molecule has 1 rings (SSSR count). The summed E-state index contributed by atoms with van der Waals surface area (Å²) >= 11 is 0. The molecule has 0 saturated heterocycles. The van der Waals surface area contributed by atoms with E-state index in [4.69, 9.17) is 0 Å². The first kappa shape index (κ1) is 13.2. The first-order valence-electron chi connectivity index (χ1n) is 5.77. The lowest BCUT2D eigenvalue weighted by Gasteiger charge is -2.06. The molecule has 14 heavy (non-hydrogen) atoms. The smallest absolute Gasteiger partial charge is 0.0282 e. The first-order chi connectivity index (χ1) is 6.85. The van der Waals surface area contributed by atoms with Crippen LogP contribution in [0.4, 0.5) is 0 Å². The Hall–Kier alpha value is -0.780. The number of hydrogen-bond acceptors (Lipinski definition) is 0. The molecule has 0 aromatic heterocycles. The topological polar surface area (TPSA) is 0 Å². The van der Waals surface area contributed by atoms with E-state index in [1.807, 2.05) is 12.2 Å². The summed E-state index contributed by atoms with van der Waals surface area (Å²) in [4.78, 5) is 0. The van der Waals surface area contributed by atoms with Crippen molar-refractivity contribution in [1.29, 1.82) is 0 Å². The summed E-state index contributed by atoms with van der Waals surface area (Å²) in [6.45, 7) is 9.50. The van der Waals surface area contributed by atoms with Gasteiger partial charge in [0.15, 0.2) is 0 Å². The Bertz CT molecular complexity index is 174. The van der Waals surface area contributed by atoms with Gasteiger partial charge in [0, 0.05) is 0 Å². The maximum Gasteiger partial charge on any atom is -0.0282 e. The number of allylic oxidation sites excluding steroid dienone is 4. The second-order valence-corrected chi connectivity index (χ2v) is 3.66. The molecule has 80 valence electrons. The third kappa shape index (κ3) is 7.85. The standard InChI is InChI=1S/C8H12.C6H12/c1-2-8-6-4-3-5-7-8;1-3-5-6-4-2/h2,6H,1,3-5,7H2;3H,1,4-6H2,2H3. The summed E-state index contributed by atoms with van der Waals surface area (Å²) in [5.41, 5.74) is 1.44. The summed E-state index contributed by atoms with van der Waals surface area (Å²) < 4.78 is 0. The van der Waals surface area contributed by atoms with Crippen LogP contribution in [0.1, 0.15) is 51.9 Å². The summed E-state index contributed by atoms with van der Waals surface area (Å²) in [6.07, 6.45) is 15.2. The van der Waals surface area contributed by atoms with E-state index in [1.165, 1.54) is 50.5 Å². The van der Waals surface area contributed by atoms with Gasteiger partial charge in [-0.25, -0.2) is 0 Å². The van der Waals surface area contributed by atoms with Crippen LogP contribution in [0.2, 0.25) is 0 Å². The number of unbranched alkanes of at least 4 members (excludes halogenated alkanes) is 2. The lowest BCUT2D eigenvalue weighted by Crippen LogP contribution is -1.86. The zero-order valence-corrected chi connectivity index (χ0v) is 9.60. The lowest BCUT2D eigenvalue weighted by atomic mass is 10.0. The molecule has 0 atom stereocenters. The predicted octanol–water partition coefficient (Wildman–Crippen LogP) is 5.04. The average molecular weight is 192 g/mol. The van der Waals surface area contributed by atoms with E-state index in [0.717, 1.165) is 0 Å². The fraction of sp³-hybridized carbons (Fsp3) is 0.571. The molecule has 0 nitrogen and oxygen atoms in total. The van der Waals surface area contributed by atoms with Crippen molar-refractivity contribution in [2.45, 2.75) is 51.9 Å². The fourth-order valence-electron chi connectivity index (χ4n) is 1.40. The van der Waals surface area contributed by atoms with Crippen molar-refractivity contribution in [3.8, 4) is 0 Å². The second kappa shape index (κ2) is 10.3. The van der Waals surface area contributed by atoms with Crippen molar-refractivity contribution in [1.82, 2.24) is 0 Å².